The number of esters is 1. The molecule has 1 atom stereocenters. The molecule has 2 amide bonds. The fraction of sp³-hybridized carbons (Fsp3) is 0.484. The van der Waals surface area contributed by atoms with Gasteiger partial charge in [-0.1, -0.05) is 24.9 Å². The number of rotatable bonds is 13. The number of hydrogen-bond acceptors (Lipinski definition) is 9. The van der Waals surface area contributed by atoms with Crippen LogP contribution in [-0.2, 0) is 19.1 Å². The third-order valence-electron chi connectivity index (χ3n) is 7.88. The number of furan rings is 1. The number of fused-ring (bicyclic) bond motifs is 1. The van der Waals surface area contributed by atoms with Gasteiger partial charge in [-0.05, 0) is 75.5 Å². The summed E-state index contributed by atoms with van der Waals surface area (Å²) < 4.78 is 16.0. The molecule has 3 aromatic rings. The van der Waals surface area contributed by atoms with Crippen molar-refractivity contribution in [3.8, 4) is 0 Å². The van der Waals surface area contributed by atoms with Crippen LogP contribution in [-0.4, -0.2) is 53.9 Å². The van der Waals surface area contributed by atoms with Crippen LogP contribution in [0.2, 0.25) is 5.02 Å². The van der Waals surface area contributed by atoms with Crippen LogP contribution in [0.15, 0.2) is 35.0 Å². The molecule has 230 valence electrons. The average molecular weight is 613 g/mol. The summed E-state index contributed by atoms with van der Waals surface area (Å²) in [6.45, 7) is 4.44. The van der Waals surface area contributed by atoms with Crippen LogP contribution in [0, 0.1) is 17.8 Å². The Labute approximate surface area is 255 Å². The average Bonchev–Trinajstić information content (AvgIpc) is 3.37. The molecule has 0 bridgehead atoms. The highest BCUT2D eigenvalue weighted by atomic mass is 35.5. The first-order chi connectivity index (χ1) is 20.7. The Morgan fingerprint density at radius 2 is 1.86 bits per heavy atom. The third kappa shape index (κ3) is 8.39. The fourth-order valence-corrected chi connectivity index (χ4v) is 5.73. The number of hydrogen-bond donors (Lipinski definition) is 2. The number of pyridine rings is 2. The van der Waals surface area contributed by atoms with Crippen molar-refractivity contribution in [1.82, 2.24) is 9.97 Å². The number of halogens is 1. The lowest BCUT2D eigenvalue weighted by atomic mass is 9.73. The van der Waals surface area contributed by atoms with Crippen molar-refractivity contribution in [1.29, 1.82) is 0 Å². The first-order valence-corrected chi connectivity index (χ1v) is 14.9. The van der Waals surface area contributed by atoms with E-state index in [-0.39, 0.29) is 58.1 Å². The van der Waals surface area contributed by atoms with E-state index in [1.54, 1.807) is 6.07 Å². The van der Waals surface area contributed by atoms with Crippen molar-refractivity contribution in [3.63, 3.8) is 0 Å². The Balaban J connectivity index is 1.45. The molecule has 1 aliphatic rings. The SMILES string of the molecule is CCC(CCCOCC(C)=O)C1CCC(C(=O)Nc2c(C(=O)Nc3ccc(Cl)cn3)oc3cc(C(=O)OC)cnc23)CC1. The lowest BCUT2D eigenvalue weighted by molar-refractivity contribution is -0.122. The van der Waals surface area contributed by atoms with E-state index in [0.717, 1.165) is 44.9 Å². The number of nitrogens with one attached hydrogen (secondary N) is 2. The summed E-state index contributed by atoms with van der Waals surface area (Å²) in [5.74, 6) is -0.560. The van der Waals surface area contributed by atoms with Crippen LogP contribution in [0.25, 0.3) is 11.1 Å². The van der Waals surface area contributed by atoms with Gasteiger partial charge in [0.1, 0.15) is 23.6 Å². The van der Waals surface area contributed by atoms with Gasteiger partial charge in [0, 0.05) is 24.9 Å². The Hall–Kier alpha value is -3.83. The van der Waals surface area contributed by atoms with Crippen molar-refractivity contribution in [2.75, 3.05) is 31.0 Å². The fourth-order valence-electron chi connectivity index (χ4n) is 5.62. The van der Waals surface area contributed by atoms with Crippen LogP contribution in [0.5, 0.6) is 0 Å². The predicted octanol–water partition coefficient (Wildman–Crippen LogP) is 6.07. The van der Waals surface area contributed by atoms with Gasteiger partial charge in [0.25, 0.3) is 5.91 Å². The van der Waals surface area contributed by atoms with Crippen molar-refractivity contribution in [2.45, 2.75) is 58.8 Å². The van der Waals surface area contributed by atoms with Crippen molar-refractivity contribution < 1.29 is 33.1 Å². The highest BCUT2D eigenvalue weighted by Gasteiger charge is 2.32. The second kappa shape index (κ2) is 15.1. The molecule has 1 aliphatic carbocycles. The standard InChI is InChI=1S/C31H37ClN4O7/c1-4-19(6-5-13-42-17-18(2)37)20-7-9-21(10-8-20)29(38)36-27-26-24(14-22(15-34-26)31(40)41-3)43-28(27)30(39)35-25-12-11-23(32)16-33-25/h11-12,14-16,19-21H,4-10,13,17H2,1-3H3,(H,36,38)(H,33,35,39). The summed E-state index contributed by atoms with van der Waals surface area (Å²) in [6.07, 6.45) is 8.97. The molecule has 3 heterocycles. The molecular formula is C31H37ClN4O7. The van der Waals surface area contributed by atoms with E-state index >= 15 is 0 Å². The minimum absolute atomic E-state index is 0.0279. The molecular weight excluding hydrogens is 576 g/mol. The minimum atomic E-state index is -0.649. The van der Waals surface area contributed by atoms with E-state index in [1.807, 2.05) is 0 Å². The van der Waals surface area contributed by atoms with E-state index < -0.39 is 11.9 Å². The number of amides is 2. The molecule has 12 heteroatoms. The molecule has 4 rings (SSSR count). The minimum Gasteiger partial charge on any atom is -0.465 e. The van der Waals surface area contributed by atoms with Crippen LogP contribution >= 0.6 is 11.6 Å². The zero-order valence-electron chi connectivity index (χ0n) is 24.6. The molecule has 11 nitrogen and oxygen atoms in total. The Morgan fingerprint density at radius 3 is 2.51 bits per heavy atom. The molecule has 0 aromatic carbocycles. The van der Waals surface area contributed by atoms with Gasteiger partial charge in [-0.2, -0.15) is 0 Å². The van der Waals surface area contributed by atoms with Gasteiger partial charge >= 0.3 is 5.97 Å². The first-order valence-electron chi connectivity index (χ1n) is 14.5. The van der Waals surface area contributed by atoms with Gasteiger partial charge in [0.05, 0.1) is 17.7 Å². The van der Waals surface area contributed by atoms with Crippen molar-refractivity contribution in [3.05, 3.63) is 46.9 Å². The van der Waals surface area contributed by atoms with Crippen LogP contribution in [0.1, 0.15) is 79.7 Å². The summed E-state index contributed by atoms with van der Waals surface area (Å²) in [5, 5.41) is 5.95. The van der Waals surface area contributed by atoms with Crippen LogP contribution < -0.4 is 10.6 Å². The number of carbonyl (C=O) groups excluding carboxylic acids is 4. The van der Waals surface area contributed by atoms with E-state index in [1.165, 1.54) is 38.6 Å². The van der Waals surface area contributed by atoms with Gasteiger partial charge in [-0.3, -0.25) is 14.4 Å². The summed E-state index contributed by atoms with van der Waals surface area (Å²) in [6, 6.07) is 4.54. The van der Waals surface area contributed by atoms with Gasteiger partial charge < -0.3 is 24.5 Å². The number of anilines is 2. The lowest BCUT2D eigenvalue weighted by Crippen LogP contribution is -2.30. The van der Waals surface area contributed by atoms with Gasteiger partial charge in [-0.25, -0.2) is 14.8 Å². The Kier molecular flexibility index (Phi) is 11.2. The van der Waals surface area contributed by atoms with Gasteiger partial charge in [0.15, 0.2) is 11.4 Å². The number of Topliss-reactive ketones (excluding diaryl/α,β-unsaturated/α-hetero) is 1. The number of ketones is 1. The maximum atomic E-state index is 13.5. The molecule has 2 N–H and O–H groups in total. The first kappa shape index (κ1) is 32.1. The molecule has 0 spiro atoms. The van der Waals surface area contributed by atoms with Crippen molar-refractivity contribution >= 4 is 57.8 Å². The quantitative estimate of drug-likeness (QED) is 0.173. The number of ether oxygens (including phenoxy) is 2. The molecule has 1 unspecified atom stereocenters. The Bertz CT molecular complexity index is 1450. The summed E-state index contributed by atoms with van der Waals surface area (Å²) in [4.78, 5) is 58.3. The maximum Gasteiger partial charge on any atom is 0.339 e. The van der Waals surface area contributed by atoms with E-state index in [2.05, 4.69) is 27.5 Å². The highest BCUT2D eigenvalue weighted by molar-refractivity contribution is 6.30. The molecule has 0 aliphatic heterocycles. The van der Waals surface area contributed by atoms with Crippen molar-refractivity contribution in [2.24, 2.45) is 17.8 Å². The molecule has 3 aromatic heterocycles. The summed E-state index contributed by atoms with van der Waals surface area (Å²) >= 11 is 5.90. The van der Waals surface area contributed by atoms with Crippen LogP contribution in [0.4, 0.5) is 11.5 Å². The second-order valence-corrected chi connectivity index (χ2v) is 11.3. The zero-order chi connectivity index (χ0) is 30.9. The lowest BCUT2D eigenvalue weighted by Gasteiger charge is -2.33. The van der Waals surface area contributed by atoms with Gasteiger partial charge in [0.2, 0.25) is 11.7 Å². The predicted molar refractivity (Wildman–Crippen MR) is 161 cm³/mol. The smallest absolute Gasteiger partial charge is 0.339 e. The van der Waals surface area contributed by atoms with E-state index in [4.69, 9.17) is 25.5 Å². The Morgan fingerprint density at radius 1 is 1.09 bits per heavy atom. The topological polar surface area (TPSA) is 150 Å². The summed E-state index contributed by atoms with van der Waals surface area (Å²) in [5.41, 5.74) is 0.653. The normalized spacial score (nSPS) is 17.3. The van der Waals surface area contributed by atoms with Gasteiger partial charge in [-0.15, -0.1) is 0 Å². The number of methoxy groups -OCH3 is 1. The zero-order valence-corrected chi connectivity index (χ0v) is 25.4. The van der Waals surface area contributed by atoms with E-state index in [0.29, 0.717) is 23.5 Å². The third-order valence-corrected chi connectivity index (χ3v) is 8.10. The monoisotopic (exact) mass is 612 g/mol. The maximum absolute atomic E-state index is 13.5. The number of aromatic nitrogens is 2. The molecule has 0 saturated heterocycles. The summed E-state index contributed by atoms with van der Waals surface area (Å²) in [7, 11) is 1.25. The number of nitrogens with zero attached hydrogens (tertiary/aromatic N) is 2. The largest absolute Gasteiger partial charge is 0.465 e. The molecule has 1 saturated carbocycles. The molecule has 0 radical (unpaired) electrons. The number of carbonyl (C=O) groups is 4. The molecule has 1 fully saturated rings. The van der Waals surface area contributed by atoms with E-state index in [9.17, 15) is 19.2 Å². The second-order valence-electron chi connectivity index (χ2n) is 10.9. The molecule has 43 heavy (non-hydrogen) atoms. The van der Waals surface area contributed by atoms with Crippen LogP contribution in [0.3, 0.4) is 0 Å². The highest BCUT2D eigenvalue weighted by Crippen LogP contribution is 2.38.